The highest BCUT2D eigenvalue weighted by Crippen LogP contribution is 2.11. The molecule has 0 aliphatic rings. The Hall–Kier alpha value is -2.47. The SMILES string of the molecule is Cc1nc(C)c(C(=O)NC(N)=NCc2cccc(Cl)c2)nc1C. The lowest BCUT2D eigenvalue weighted by Gasteiger charge is -2.08. The molecule has 23 heavy (non-hydrogen) atoms. The predicted molar refractivity (Wildman–Crippen MR) is 90.5 cm³/mol. The van der Waals surface area contributed by atoms with E-state index in [4.69, 9.17) is 17.3 Å². The van der Waals surface area contributed by atoms with Crippen molar-refractivity contribution in [1.29, 1.82) is 0 Å². The third kappa shape index (κ3) is 4.50. The number of aliphatic imine (C=N–C) groups is 1. The third-order valence-electron chi connectivity index (χ3n) is 3.26. The molecule has 0 aliphatic heterocycles. The van der Waals surface area contributed by atoms with Crippen molar-refractivity contribution < 1.29 is 4.79 Å². The van der Waals surface area contributed by atoms with E-state index in [-0.39, 0.29) is 11.7 Å². The Morgan fingerprint density at radius 2 is 1.91 bits per heavy atom. The summed E-state index contributed by atoms with van der Waals surface area (Å²) >= 11 is 5.90. The third-order valence-corrected chi connectivity index (χ3v) is 3.49. The van der Waals surface area contributed by atoms with E-state index < -0.39 is 5.91 Å². The fourth-order valence-corrected chi connectivity index (χ4v) is 2.17. The highest BCUT2D eigenvalue weighted by Gasteiger charge is 2.14. The first kappa shape index (κ1) is 16.9. The highest BCUT2D eigenvalue weighted by atomic mass is 35.5. The van der Waals surface area contributed by atoms with Crippen LogP contribution >= 0.6 is 11.6 Å². The standard InChI is InChI=1S/C16H18ClN5O/c1-9-10(2)21-14(11(3)20-9)15(23)22-16(18)19-8-12-5-4-6-13(17)7-12/h4-7H,8H2,1-3H3,(H3,18,19,22,23). The summed E-state index contributed by atoms with van der Waals surface area (Å²) in [5.41, 5.74) is 8.94. The van der Waals surface area contributed by atoms with Gasteiger partial charge in [0.1, 0.15) is 5.69 Å². The Morgan fingerprint density at radius 3 is 2.61 bits per heavy atom. The topological polar surface area (TPSA) is 93.3 Å². The van der Waals surface area contributed by atoms with E-state index in [0.29, 0.717) is 23.0 Å². The number of benzene rings is 1. The van der Waals surface area contributed by atoms with Crippen LogP contribution in [0.3, 0.4) is 0 Å². The highest BCUT2D eigenvalue weighted by molar-refractivity contribution is 6.30. The molecule has 0 fully saturated rings. The first-order valence-electron chi connectivity index (χ1n) is 7.04. The Morgan fingerprint density at radius 1 is 1.22 bits per heavy atom. The summed E-state index contributed by atoms with van der Waals surface area (Å²) < 4.78 is 0. The molecule has 1 aromatic carbocycles. The molecule has 3 N–H and O–H groups in total. The molecule has 0 aliphatic carbocycles. The second-order valence-electron chi connectivity index (χ2n) is 5.11. The van der Waals surface area contributed by atoms with E-state index in [2.05, 4.69) is 20.3 Å². The van der Waals surface area contributed by atoms with Gasteiger partial charge in [-0.25, -0.2) is 9.98 Å². The van der Waals surface area contributed by atoms with Gasteiger partial charge in [0.05, 0.1) is 23.6 Å². The molecule has 1 heterocycles. The molecule has 0 saturated carbocycles. The molecule has 6 nitrogen and oxygen atoms in total. The Bertz CT molecular complexity index is 773. The maximum atomic E-state index is 12.2. The number of aromatic nitrogens is 2. The van der Waals surface area contributed by atoms with Gasteiger partial charge >= 0.3 is 0 Å². The van der Waals surface area contributed by atoms with Crippen molar-refractivity contribution in [2.45, 2.75) is 27.3 Å². The number of nitrogens with two attached hydrogens (primary N) is 1. The van der Waals surface area contributed by atoms with Crippen LogP contribution in [0.15, 0.2) is 29.3 Å². The van der Waals surface area contributed by atoms with Crippen molar-refractivity contribution in [2.24, 2.45) is 10.7 Å². The fourth-order valence-electron chi connectivity index (χ4n) is 1.96. The van der Waals surface area contributed by atoms with Crippen LogP contribution in [0.4, 0.5) is 0 Å². The molecular formula is C16H18ClN5O. The van der Waals surface area contributed by atoms with Crippen molar-refractivity contribution in [3.8, 4) is 0 Å². The van der Waals surface area contributed by atoms with Crippen molar-refractivity contribution in [1.82, 2.24) is 15.3 Å². The molecule has 0 saturated heterocycles. The van der Waals surface area contributed by atoms with Gasteiger partial charge in [0.15, 0.2) is 5.96 Å². The number of halogens is 1. The number of aryl methyl sites for hydroxylation is 3. The largest absolute Gasteiger partial charge is 0.370 e. The van der Waals surface area contributed by atoms with Crippen molar-refractivity contribution in [3.63, 3.8) is 0 Å². The van der Waals surface area contributed by atoms with E-state index in [1.165, 1.54) is 0 Å². The smallest absolute Gasteiger partial charge is 0.278 e. The molecule has 0 radical (unpaired) electrons. The van der Waals surface area contributed by atoms with E-state index in [9.17, 15) is 4.79 Å². The van der Waals surface area contributed by atoms with Crippen LogP contribution in [0.1, 0.15) is 33.1 Å². The molecule has 7 heteroatoms. The molecule has 0 spiro atoms. The normalized spacial score (nSPS) is 11.4. The van der Waals surface area contributed by atoms with Gasteiger partial charge in [-0.15, -0.1) is 0 Å². The average molecular weight is 332 g/mol. The minimum Gasteiger partial charge on any atom is -0.370 e. The molecule has 1 amide bonds. The Kier molecular flexibility index (Phi) is 5.28. The summed E-state index contributed by atoms with van der Waals surface area (Å²) in [4.78, 5) is 24.9. The van der Waals surface area contributed by atoms with E-state index in [1.54, 1.807) is 26.0 Å². The van der Waals surface area contributed by atoms with Crippen LogP contribution < -0.4 is 11.1 Å². The summed E-state index contributed by atoms with van der Waals surface area (Å²) in [7, 11) is 0. The van der Waals surface area contributed by atoms with Gasteiger partial charge < -0.3 is 5.73 Å². The minimum absolute atomic E-state index is 0.0226. The van der Waals surface area contributed by atoms with Gasteiger partial charge in [-0.2, -0.15) is 0 Å². The van der Waals surface area contributed by atoms with Gasteiger partial charge in [-0.1, -0.05) is 23.7 Å². The molecule has 2 aromatic rings. The van der Waals surface area contributed by atoms with Crippen molar-refractivity contribution in [3.05, 3.63) is 57.6 Å². The maximum absolute atomic E-state index is 12.2. The first-order chi connectivity index (χ1) is 10.9. The summed E-state index contributed by atoms with van der Waals surface area (Å²) in [6.07, 6.45) is 0. The number of carbonyl (C=O) groups excluding carboxylic acids is 1. The Balaban J connectivity index is 2.07. The van der Waals surface area contributed by atoms with Crippen LogP contribution in [0, 0.1) is 20.8 Å². The summed E-state index contributed by atoms with van der Waals surface area (Å²) in [5.74, 6) is -0.403. The number of hydrogen-bond acceptors (Lipinski definition) is 4. The summed E-state index contributed by atoms with van der Waals surface area (Å²) in [6, 6.07) is 7.28. The Labute approximate surface area is 139 Å². The molecule has 0 atom stereocenters. The summed E-state index contributed by atoms with van der Waals surface area (Å²) in [6.45, 7) is 5.70. The number of guanidine groups is 1. The minimum atomic E-state index is -0.426. The fraction of sp³-hybridized carbons (Fsp3) is 0.250. The van der Waals surface area contributed by atoms with Gasteiger partial charge in [0, 0.05) is 5.02 Å². The molecule has 0 bridgehead atoms. The number of amides is 1. The summed E-state index contributed by atoms with van der Waals surface area (Å²) in [5, 5.41) is 3.15. The molecule has 2 rings (SSSR count). The quantitative estimate of drug-likeness (QED) is 0.666. The van der Waals surface area contributed by atoms with Crippen molar-refractivity contribution in [2.75, 3.05) is 0 Å². The number of rotatable bonds is 3. The van der Waals surface area contributed by atoms with Gasteiger partial charge in [-0.3, -0.25) is 15.1 Å². The van der Waals surface area contributed by atoms with Crippen LogP contribution in [0.25, 0.3) is 0 Å². The van der Waals surface area contributed by atoms with Crippen LogP contribution in [-0.2, 0) is 6.54 Å². The molecule has 0 unspecified atom stereocenters. The number of nitrogens with zero attached hydrogens (tertiary/aromatic N) is 3. The van der Waals surface area contributed by atoms with E-state index >= 15 is 0 Å². The van der Waals surface area contributed by atoms with E-state index in [0.717, 1.165) is 11.3 Å². The lowest BCUT2D eigenvalue weighted by Crippen LogP contribution is -2.37. The van der Waals surface area contributed by atoms with Gasteiger partial charge in [0.2, 0.25) is 0 Å². The zero-order valence-electron chi connectivity index (χ0n) is 13.2. The monoisotopic (exact) mass is 331 g/mol. The van der Waals surface area contributed by atoms with Crippen LogP contribution in [-0.4, -0.2) is 21.8 Å². The molecule has 1 aromatic heterocycles. The number of carbonyl (C=O) groups is 1. The lowest BCUT2D eigenvalue weighted by atomic mass is 10.2. The average Bonchev–Trinajstić information content (AvgIpc) is 2.49. The van der Waals surface area contributed by atoms with Crippen LogP contribution in [0.2, 0.25) is 5.02 Å². The predicted octanol–water partition coefficient (Wildman–Crippen LogP) is 2.30. The molecular weight excluding hydrogens is 314 g/mol. The van der Waals surface area contributed by atoms with Gasteiger partial charge in [0.25, 0.3) is 5.91 Å². The molecule has 120 valence electrons. The zero-order chi connectivity index (χ0) is 17.0. The van der Waals surface area contributed by atoms with E-state index in [1.807, 2.05) is 19.1 Å². The number of nitrogens with one attached hydrogen (secondary N) is 1. The van der Waals surface area contributed by atoms with Crippen molar-refractivity contribution >= 4 is 23.5 Å². The zero-order valence-corrected chi connectivity index (χ0v) is 14.0. The first-order valence-corrected chi connectivity index (χ1v) is 7.42. The lowest BCUT2D eigenvalue weighted by molar-refractivity contribution is 0.0970. The second kappa shape index (κ2) is 7.19. The second-order valence-corrected chi connectivity index (χ2v) is 5.55. The van der Waals surface area contributed by atoms with Crippen LogP contribution in [0.5, 0.6) is 0 Å². The van der Waals surface area contributed by atoms with Gasteiger partial charge in [-0.05, 0) is 38.5 Å². The maximum Gasteiger partial charge on any atom is 0.278 e. The number of hydrogen-bond donors (Lipinski definition) is 2.